The highest BCUT2D eigenvalue weighted by Gasteiger charge is 2.14. The van der Waals surface area contributed by atoms with E-state index in [-0.39, 0.29) is 5.57 Å². The standard InChI is InChI=1S/C30H25BrN2O3/c1-3-35-28-16-24(15-25(18-32)30(34)33-26-12-8-20(2)9-13-26)27(31)17-29(28)36-19-21-10-11-22-6-4-5-7-23(22)14-21/h4-17H,3,19H2,1-2H3,(H,33,34)/b25-15+. The van der Waals surface area contributed by atoms with E-state index in [1.54, 1.807) is 24.3 Å². The van der Waals surface area contributed by atoms with E-state index in [2.05, 4.69) is 45.5 Å². The number of nitriles is 1. The Morgan fingerprint density at radius 2 is 1.69 bits per heavy atom. The van der Waals surface area contributed by atoms with Crippen LogP contribution in [0.2, 0.25) is 0 Å². The van der Waals surface area contributed by atoms with Crippen molar-refractivity contribution in [3.05, 3.63) is 106 Å². The Labute approximate surface area is 219 Å². The number of ether oxygens (including phenoxy) is 2. The summed E-state index contributed by atoms with van der Waals surface area (Å²) in [7, 11) is 0. The van der Waals surface area contributed by atoms with Crippen LogP contribution in [0, 0.1) is 18.3 Å². The number of amides is 1. The first-order chi connectivity index (χ1) is 17.5. The van der Waals surface area contributed by atoms with Crippen LogP contribution in [-0.4, -0.2) is 12.5 Å². The zero-order chi connectivity index (χ0) is 25.5. The van der Waals surface area contributed by atoms with Crippen molar-refractivity contribution in [3.63, 3.8) is 0 Å². The van der Waals surface area contributed by atoms with Crippen LogP contribution < -0.4 is 14.8 Å². The number of carbonyl (C=O) groups excluding carboxylic acids is 1. The molecular weight excluding hydrogens is 516 g/mol. The fourth-order valence-electron chi connectivity index (χ4n) is 3.67. The van der Waals surface area contributed by atoms with Gasteiger partial charge in [0, 0.05) is 10.2 Å². The van der Waals surface area contributed by atoms with E-state index in [1.165, 1.54) is 11.5 Å². The Balaban J connectivity index is 1.56. The van der Waals surface area contributed by atoms with E-state index in [0.29, 0.717) is 40.4 Å². The number of halogens is 1. The summed E-state index contributed by atoms with van der Waals surface area (Å²) < 4.78 is 12.6. The Morgan fingerprint density at radius 1 is 0.972 bits per heavy atom. The Morgan fingerprint density at radius 3 is 2.42 bits per heavy atom. The van der Waals surface area contributed by atoms with Crippen molar-refractivity contribution in [1.29, 1.82) is 5.26 Å². The lowest BCUT2D eigenvalue weighted by molar-refractivity contribution is -0.112. The zero-order valence-electron chi connectivity index (χ0n) is 20.0. The van der Waals surface area contributed by atoms with Gasteiger partial charge in [0.25, 0.3) is 5.91 Å². The van der Waals surface area contributed by atoms with Crippen LogP contribution in [-0.2, 0) is 11.4 Å². The van der Waals surface area contributed by atoms with Crippen molar-refractivity contribution in [1.82, 2.24) is 0 Å². The highest BCUT2D eigenvalue weighted by molar-refractivity contribution is 9.10. The van der Waals surface area contributed by atoms with E-state index in [0.717, 1.165) is 16.5 Å². The lowest BCUT2D eigenvalue weighted by Crippen LogP contribution is -2.13. The number of rotatable bonds is 8. The van der Waals surface area contributed by atoms with Crippen LogP contribution in [0.4, 0.5) is 5.69 Å². The second-order valence-corrected chi connectivity index (χ2v) is 9.07. The second-order valence-electron chi connectivity index (χ2n) is 8.21. The molecule has 1 amide bonds. The first-order valence-electron chi connectivity index (χ1n) is 11.5. The maximum absolute atomic E-state index is 12.7. The van der Waals surface area contributed by atoms with Crippen molar-refractivity contribution in [2.45, 2.75) is 20.5 Å². The van der Waals surface area contributed by atoms with E-state index >= 15 is 0 Å². The van der Waals surface area contributed by atoms with Gasteiger partial charge in [-0.15, -0.1) is 0 Å². The SMILES string of the molecule is CCOc1cc(/C=C(\C#N)C(=O)Nc2ccc(C)cc2)c(Br)cc1OCc1ccc2ccccc2c1. The molecule has 36 heavy (non-hydrogen) atoms. The molecule has 0 saturated carbocycles. The molecule has 6 heteroatoms. The maximum Gasteiger partial charge on any atom is 0.266 e. The third kappa shape index (κ3) is 6.12. The van der Waals surface area contributed by atoms with Gasteiger partial charge in [0.05, 0.1) is 6.61 Å². The molecule has 0 radical (unpaired) electrons. The largest absolute Gasteiger partial charge is 0.490 e. The number of anilines is 1. The second kappa shape index (κ2) is 11.6. The maximum atomic E-state index is 12.7. The van der Waals surface area contributed by atoms with E-state index < -0.39 is 5.91 Å². The zero-order valence-corrected chi connectivity index (χ0v) is 21.6. The van der Waals surface area contributed by atoms with Crippen molar-refractivity contribution < 1.29 is 14.3 Å². The van der Waals surface area contributed by atoms with Crippen LogP contribution in [0.25, 0.3) is 16.8 Å². The Kier molecular flexibility index (Phi) is 8.04. The lowest BCUT2D eigenvalue weighted by Gasteiger charge is -2.14. The number of nitrogens with zero attached hydrogens (tertiary/aromatic N) is 1. The molecule has 4 aromatic rings. The van der Waals surface area contributed by atoms with Crippen LogP contribution in [0.3, 0.4) is 0 Å². The molecular formula is C30H25BrN2O3. The number of hydrogen-bond acceptors (Lipinski definition) is 4. The molecule has 0 aliphatic rings. The summed E-state index contributed by atoms with van der Waals surface area (Å²) in [4.78, 5) is 12.7. The Hall–Kier alpha value is -4.08. The summed E-state index contributed by atoms with van der Waals surface area (Å²) >= 11 is 3.55. The van der Waals surface area contributed by atoms with Gasteiger partial charge in [-0.3, -0.25) is 4.79 Å². The summed E-state index contributed by atoms with van der Waals surface area (Å²) in [6.07, 6.45) is 1.53. The smallest absolute Gasteiger partial charge is 0.266 e. The van der Waals surface area contributed by atoms with Gasteiger partial charge in [-0.1, -0.05) is 70.0 Å². The summed E-state index contributed by atoms with van der Waals surface area (Å²) in [5.41, 5.74) is 3.35. The molecule has 1 N–H and O–H groups in total. The van der Waals surface area contributed by atoms with Crippen LogP contribution in [0.15, 0.2) is 88.9 Å². The topological polar surface area (TPSA) is 71.3 Å². The quantitative estimate of drug-likeness (QED) is 0.186. The van der Waals surface area contributed by atoms with Gasteiger partial charge in [-0.25, -0.2) is 0 Å². The molecule has 0 heterocycles. The van der Waals surface area contributed by atoms with Crippen LogP contribution in [0.5, 0.6) is 11.5 Å². The first kappa shape index (κ1) is 25.0. The molecule has 180 valence electrons. The molecule has 0 atom stereocenters. The van der Waals surface area contributed by atoms with Crippen LogP contribution in [0.1, 0.15) is 23.6 Å². The predicted molar refractivity (Wildman–Crippen MR) is 147 cm³/mol. The van der Waals surface area contributed by atoms with Gasteiger partial charge in [0.15, 0.2) is 11.5 Å². The molecule has 0 unspecified atom stereocenters. The molecule has 0 saturated heterocycles. The number of hydrogen-bond donors (Lipinski definition) is 1. The van der Waals surface area contributed by atoms with Crippen molar-refractivity contribution >= 4 is 44.4 Å². The number of aryl methyl sites for hydroxylation is 1. The average Bonchev–Trinajstić information content (AvgIpc) is 2.89. The summed E-state index contributed by atoms with van der Waals surface area (Å²) in [5.74, 6) is 0.614. The third-order valence-corrected chi connectivity index (χ3v) is 6.23. The molecule has 4 aromatic carbocycles. The Bertz CT molecular complexity index is 1470. The van der Waals surface area contributed by atoms with Crippen LogP contribution >= 0.6 is 15.9 Å². The molecule has 0 fully saturated rings. The summed E-state index contributed by atoms with van der Waals surface area (Å²) in [6.45, 7) is 4.67. The van der Waals surface area contributed by atoms with Gasteiger partial charge in [-0.05, 0) is 72.2 Å². The molecule has 0 aliphatic heterocycles. The van der Waals surface area contributed by atoms with Crippen molar-refractivity contribution in [3.8, 4) is 17.6 Å². The molecule has 0 bridgehead atoms. The monoisotopic (exact) mass is 540 g/mol. The minimum absolute atomic E-state index is 0.0245. The average molecular weight is 541 g/mol. The predicted octanol–water partition coefficient (Wildman–Crippen LogP) is 7.43. The van der Waals surface area contributed by atoms with E-state index in [9.17, 15) is 10.1 Å². The molecule has 4 rings (SSSR count). The highest BCUT2D eigenvalue weighted by Crippen LogP contribution is 2.35. The molecule has 5 nitrogen and oxygen atoms in total. The van der Waals surface area contributed by atoms with Gasteiger partial charge in [0.2, 0.25) is 0 Å². The minimum Gasteiger partial charge on any atom is -0.490 e. The highest BCUT2D eigenvalue weighted by atomic mass is 79.9. The lowest BCUT2D eigenvalue weighted by atomic mass is 10.1. The molecule has 0 spiro atoms. The number of fused-ring (bicyclic) bond motifs is 1. The summed E-state index contributed by atoms with van der Waals surface area (Å²) in [6, 6.07) is 27.3. The normalized spacial score (nSPS) is 11.1. The molecule has 0 aromatic heterocycles. The van der Waals surface area contributed by atoms with Crippen molar-refractivity contribution in [2.75, 3.05) is 11.9 Å². The van der Waals surface area contributed by atoms with Gasteiger partial charge in [0.1, 0.15) is 18.2 Å². The minimum atomic E-state index is -0.483. The van der Waals surface area contributed by atoms with E-state index in [4.69, 9.17) is 9.47 Å². The fourth-order valence-corrected chi connectivity index (χ4v) is 4.11. The first-order valence-corrected chi connectivity index (χ1v) is 12.3. The third-order valence-electron chi connectivity index (χ3n) is 5.55. The van der Waals surface area contributed by atoms with Gasteiger partial charge < -0.3 is 14.8 Å². The van der Waals surface area contributed by atoms with Gasteiger partial charge >= 0.3 is 0 Å². The fraction of sp³-hybridized carbons (Fsp3) is 0.133. The molecule has 0 aliphatic carbocycles. The number of benzene rings is 4. The van der Waals surface area contributed by atoms with Crippen molar-refractivity contribution in [2.24, 2.45) is 0 Å². The number of nitrogens with one attached hydrogen (secondary N) is 1. The number of carbonyl (C=O) groups is 1. The van der Waals surface area contributed by atoms with Gasteiger partial charge in [-0.2, -0.15) is 5.26 Å². The summed E-state index contributed by atoms with van der Waals surface area (Å²) in [5, 5.41) is 14.7. The van der Waals surface area contributed by atoms with E-state index in [1.807, 2.05) is 50.2 Å².